The van der Waals surface area contributed by atoms with Gasteiger partial charge in [-0.15, -0.1) is 0 Å². The predicted molar refractivity (Wildman–Crippen MR) is 75.7 cm³/mol. The van der Waals surface area contributed by atoms with Crippen molar-refractivity contribution in [2.24, 2.45) is 5.92 Å². The Hall–Kier alpha value is -1.10. The number of carbonyl (C=O) groups excluding carboxylic acids is 2. The molecule has 1 unspecified atom stereocenters. The van der Waals surface area contributed by atoms with Crippen LogP contribution in [0.1, 0.15) is 47.0 Å². The Bertz CT molecular complexity index is 325. The van der Waals surface area contributed by atoms with Crippen molar-refractivity contribution < 1.29 is 9.59 Å². The second-order valence-electron chi connectivity index (χ2n) is 5.97. The highest BCUT2D eigenvalue weighted by Gasteiger charge is 2.29. The van der Waals surface area contributed by atoms with Crippen LogP contribution in [0.5, 0.6) is 0 Å². The Morgan fingerprint density at radius 3 is 2.42 bits per heavy atom. The fourth-order valence-corrected chi connectivity index (χ4v) is 1.59. The van der Waals surface area contributed by atoms with E-state index >= 15 is 0 Å². The fourth-order valence-electron chi connectivity index (χ4n) is 1.59. The summed E-state index contributed by atoms with van der Waals surface area (Å²) in [5.74, 6) is 0.387. The third-order valence-electron chi connectivity index (χ3n) is 3.56. The highest BCUT2D eigenvalue weighted by molar-refractivity contribution is 5.82. The third kappa shape index (κ3) is 6.05. The first-order valence-electron chi connectivity index (χ1n) is 7.19. The van der Waals surface area contributed by atoms with Crippen molar-refractivity contribution in [3.63, 3.8) is 0 Å². The molecule has 0 aliphatic heterocycles. The number of rotatable bonds is 8. The zero-order chi connectivity index (χ0) is 14.5. The van der Waals surface area contributed by atoms with Gasteiger partial charge in [-0.05, 0) is 40.0 Å². The smallest absolute Gasteiger partial charge is 0.237 e. The van der Waals surface area contributed by atoms with E-state index in [4.69, 9.17) is 0 Å². The molecule has 19 heavy (non-hydrogen) atoms. The van der Waals surface area contributed by atoms with Crippen LogP contribution in [-0.4, -0.2) is 36.5 Å². The van der Waals surface area contributed by atoms with Crippen LogP contribution in [-0.2, 0) is 9.59 Å². The second-order valence-corrected chi connectivity index (χ2v) is 5.97. The van der Waals surface area contributed by atoms with E-state index in [1.54, 1.807) is 0 Å². The Kier molecular flexibility index (Phi) is 5.79. The van der Waals surface area contributed by atoms with Crippen molar-refractivity contribution in [3.05, 3.63) is 0 Å². The normalized spacial score (nSPS) is 16.8. The molecule has 1 rings (SSSR count). The second kappa shape index (κ2) is 6.89. The SMILES string of the molecule is CCC(C)(C)NC(=O)C(C)NCCNC(=O)C1CC1. The molecule has 0 aromatic rings. The first-order chi connectivity index (χ1) is 8.85. The highest BCUT2D eigenvalue weighted by atomic mass is 16.2. The molecule has 1 aliphatic rings. The van der Waals surface area contributed by atoms with Gasteiger partial charge in [0, 0.05) is 24.5 Å². The first kappa shape index (κ1) is 16.0. The zero-order valence-corrected chi connectivity index (χ0v) is 12.5. The van der Waals surface area contributed by atoms with Crippen LogP contribution in [0, 0.1) is 5.92 Å². The topological polar surface area (TPSA) is 70.2 Å². The van der Waals surface area contributed by atoms with Crippen LogP contribution < -0.4 is 16.0 Å². The number of hydrogen-bond donors (Lipinski definition) is 3. The van der Waals surface area contributed by atoms with E-state index in [0.717, 1.165) is 19.3 Å². The molecule has 5 heteroatoms. The summed E-state index contributed by atoms with van der Waals surface area (Å²) < 4.78 is 0. The Labute approximate surface area is 115 Å². The van der Waals surface area contributed by atoms with E-state index in [1.807, 2.05) is 27.7 Å². The molecule has 3 N–H and O–H groups in total. The van der Waals surface area contributed by atoms with E-state index in [1.165, 1.54) is 0 Å². The molecule has 0 radical (unpaired) electrons. The van der Waals surface area contributed by atoms with Crippen LogP contribution in [0.4, 0.5) is 0 Å². The summed E-state index contributed by atoms with van der Waals surface area (Å²) in [6.07, 6.45) is 2.93. The molecule has 1 saturated carbocycles. The van der Waals surface area contributed by atoms with Gasteiger partial charge in [-0.25, -0.2) is 0 Å². The summed E-state index contributed by atoms with van der Waals surface area (Å²) in [4.78, 5) is 23.3. The molecule has 2 amide bonds. The molecule has 1 atom stereocenters. The third-order valence-corrected chi connectivity index (χ3v) is 3.56. The molecule has 0 aromatic heterocycles. The van der Waals surface area contributed by atoms with Crippen LogP contribution in [0.15, 0.2) is 0 Å². The molecule has 1 fully saturated rings. The lowest BCUT2D eigenvalue weighted by molar-refractivity contribution is -0.124. The summed E-state index contributed by atoms with van der Waals surface area (Å²) in [6, 6.07) is -0.247. The Morgan fingerprint density at radius 1 is 1.26 bits per heavy atom. The van der Waals surface area contributed by atoms with Gasteiger partial charge in [0.1, 0.15) is 0 Å². The van der Waals surface area contributed by atoms with Gasteiger partial charge in [0.15, 0.2) is 0 Å². The summed E-state index contributed by atoms with van der Waals surface area (Å²) in [7, 11) is 0. The maximum absolute atomic E-state index is 11.9. The standard InChI is InChI=1S/C14H27N3O2/c1-5-14(3,4)17-12(18)10(2)15-8-9-16-13(19)11-6-7-11/h10-11,15H,5-9H2,1-4H3,(H,16,19)(H,17,18). The fraction of sp³-hybridized carbons (Fsp3) is 0.857. The minimum atomic E-state index is -0.247. The van der Waals surface area contributed by atoms with Crippen molar-refractivity contribution >= 4 is 11.8 Å². The molecule has 0 aromatic carbocycles. The average molecular weight is 269 g/mol. The van der Waals surface area contributed by atoms with Gasteiger partial charge >= 0.3 is 0 Å². The number of amides is 2. The molecule has 0 heterocycles. The van der Waals surface area contributed by atoms with Gasteiger partial charge in [-0.2, -0.15) is 0 Å². The van der Waals surface area contributed by atoms with E-state index in [0.29, 0.717) is 13.1 Å². The number of hydrogen-bond acceptors (Lipinski definition) is 3. The van der Waals surface area contributed by atoms with E-state index in [-0.39, 0.29) is 29.3 Å². The van der Waals surface area contributed by atoms with Gasteiger partial charge in [0.25, 0.3) is 0 Å². The minimum absolute atomic E-state index is 0.000342. The quantitative estimate of drug-likeness (QED) is 0.571. The molecule has 1 aliphatic carbocycles. The molecular weight excluding hydrogens is 242 g/mol. The molecule has 0 saturated heterocycles. The van der Waals surface area contributed by atoms with E-state index in [2.05, 4.69) is 16.0 Å². The van der Waals surface area contributed by atoms with Crippen molar-refractivity contribution in [2.75, 3.05) is 13.1 Å². The maximum atomic E-state index is 11.9. The van der Waals surface area contributed by atoms with Crippen LogP contribution in [0.2, 0.25) is 0 Å². The number of nitrogens with one attached hydrogen (secondary N) is 3. The monoisotopic (exact) mass is 269 g/mol. The lowest BCUT2D eigenvalue weighted by Gasteiger charge is -2.26. The highest BCUT2D eigenvalue weighted by Crippen LogP contribution is 2.28. The minimum Gasteiger partial charge on any atom is -0.355 e. The summed E-state index contributed by atoms with van der Waals surface area (Å²) in [6.45, 7) is 9.08. The zero-order valence-electron chi connectivity index (χ0n) is 12.5. The van der Waals surface area contributed by atoms with E-state index < -0.39 is 0 Å². The van der Waals surface area contributed by atoms with Gasteiger partial charge in [0.05, 0.1) is 6.04 Å². The predicted octanol–water partition coefficient (Wildman–Crippen LogP) is 0.796. The Morgan fingerprint density at radius 2 is 1.89 bits per heavy atom. The van der Waals surface area contributed by atoms with Crippen molar-refractivity contribution in [3.8, 4) is 0 Å². The van der Waals surface area contributed by atoms with Crippen LogP contribution >= 0.6 is 0 Å². The molecular formula is C14H27N3O2. The first-order valence-corrected chi connectivity index (χ1v) is 7.19. The number of carbonyl (C=O) groups is 2. The van der Waals surface area contributed by atoms with Crippen molar-refractivity contribution in [1.29, 1.82) is 0 Å². The average Bonchev–Trinajstić information content (AvgIpc) is 3.17. The maximum Gasteiger partial charge on any atom is 0.237 e. The summed E-state index contributed by atoms with van der Waals surface area (Å²) in [5, 5.41) is 8.98. The van der Waals surface area contributed by atoms with Gasteiger partial charge < -0.3 is 16.0 Å². The summed E-state index contributed by atoms with van der Waals surface area (Å²) in [5.41, 5.74) is -0.173. The molecule has 110 valence electrons. The molecule has 5 nitrogen and oxygen atoms in total. The van der Waals surface area contributed by atoms with Crippen LogP contribution in [0.3, 0.4) is 0 Å². The largest absolute Gasteiger partial charge is 0.355 e. The van der Waals surface area contributed by atoms with E-state index in [9.17, 15) is 9.59 Å². The summed E-state index contributed by atoms with van der Waals surface area (Å²) >= 11 is 0. The lowest BCUT2D eigenvalue weighted by Crippen LogP contribution is -2.51. The van der Waals surface area contributed by atoms with Crippen LogP contribution in [0.25, 0.3) is 0 Å². The Balaban J connectivity index is 2.13. The van der Waals surface area contributed by atoms with Crippen molar-refractivity contribution in [1.82, 2.24) is 16.0 Å². The van der Waals surface area contributed by atoms with Gasteiger partial charge in [-0.3, -0.25) is 9.59 Å². The van der Waals surface area contributed by atoms with Crippen molar-refractivity contribution in [2.45, 2.75) is 58.5 Å². The van der Waals surface area contributed by atoms with Gasteiger partial charge in [0.2, 0.25) is 11.8 Å². The molecule has 0 spiro atoms. The van der Waals surface area contributed by atoms with Gasteiger partial charge in [-0.1, -0.05) is 6.92 Å². The molecule has 0 bridgehead atoms. The lowest BCUT2D eigenvalue weighted by atomic mass is 10.0.